The van der Waals surface area contributed by atoms with Gasteiger partial charge in [-0.05, 0) is 27.7 Å². The summed E-state index contributed by atoms with van der Waals surface area (Å²) in [4.78, 5) is 61.6. The lowest BCUT2D eigenvalue weighted by Gasteiger charge is -2.27. The first-order valence-electron chi connectivity index (χ1n) is 8.85. The van der Waals surface area contributed by atoms with Crippen LogP contribution in [-0.4, -0.2) is 76.0 Å². The normalized spacial score (nSPS) is 11.2. The van der Waals surface area contributed by atoms with Gasteiger partial charge in [-0.25, -0.2) is 4.79 Å². The molecule has 0 saturated carbocycles. The maximum Gasteiger partial charge on any atom is 0.342 e. The second-order valence-corrected chi connectivity index (χ2v) is 7.00. The number of hydrogen-bond acceptors (Lipinski definition) is 10. The fourth-order valence-corrected chi connectivity index (χ4v) is 2.91. The number of rotatable bonds is 10. The molecule has 0 aliphatic rings. The van der Waals surface area contributed by atoms with Crippen molar-refractivity contribution in [1.82, 2.24) is 0 Å². The van der Waals surface area contributed by atoms with Gasteiger partial charge < -0.3 is 25.2 Å². The number of esters is 1. The number of aromatic hydroxyl groups is 1. The predicted octanol–water partition coefficient (Wildman–Crippen LogP) is 0.323. The molecule has 0 fully saturated rings. The Morgan fingerprint density at radius 1 is 0.667 bits per heavy atom. The Morgan fingerprint density at radius 2 is 1.00 bits per heavy atom. The minimum atomic E-state index is -1.60. The predicted molar refractivity (Wildman–Crippen MR) is 102 cm³/mol. The number of ketones is 4. The number of phenolic OH excluding ortho intramolecular Hbond substituents is 1. The molecule has 1 aromatic rings. The number of benzene rings is 1. The molecule has 0 aliphatic carbocycles. The van der Waals surface area contributed by atoms with Crippen molar-refractivity contribution >= 4 is 29.1 Å². The SMILES string of the molecule is CC(=O)c1c(O)c(C(=O)OCC(CO)(CO)CO)c(C(C)=O)c(C(C)=O)c1C(C)=O. The van der Waals surface area contributed by atoms with Gasteiger partial charge in [0.05, 0.1) is 30.8 Å². The zero-order valence-electron chi connectivity index (χ0n) is 17.1. The first kappa shape index (κ1) is 25.1. The van der Waals surface area contributed by atoms with Crippen LogP contribution in [0.3, 0.4) is 0 Å². The molecule has 0 heterocycles. The van der Waals surface area contributed by atoms with Crippen molar-refractivity contribution in [1.29, 1.82) is 0 Å². The molecular formula is C20H24O10. The Hall–Kier alpha value is -2.95. The lowest BCUT2D eigenvalue weighted by molar-refractivity contribution is -0.0442. The van der Waals surface area contributed by atoms with Gasteiger partial charge >= 0.3 is 5.97 Å². The van der Waals surface area contributed by atoms with Crippen LogP contribution in [0.15, 0.2) is 0 Å². The number of aliphatic hydroxyl groups excluding tert-OH is 3. The molecule has 30 heavy (non-hydrogen) atoms. The van der Waals surface area contributed by atoms with Crippen LogP contribution >= 0.6 is 0 Å². The zero-order valence-corrected chi connectivity index (χ0v) is 17.1. The topological polar surface area (TPSA) is 176 Å². The van der Waals surface area contributed by atoms with E-state index in [-0.39, 0.29) is 0 Å². The summed E-state index contributed by atoms with van der Waals surface area (Å²) in [5.41, 5.74) is -4.59. The summed E-state index contributed by atoms with van der Waals surface area (Å²) in [6.45, 7) is 1.10. The van der Waals surface area contributed by atoms with Crippen LogP contribution in [-0.2, 0) is 4.74 Å². The van der Waals surface area contributed by atoms with E-state index in [1.54, 1.807) is 0 Å². The van der Waals surface area contributed by atoms with Crippen molar-refractivity contribution in [3.05, 3.63) is 27.8 Å². The van der Waals surface area contributed by atoms with Crippen LogP contribution in [0.25, 0.3) is 0 Å². The fraction of sp³-hybridized carbons (Fsp3) is 0.450. The van der Waals surface area contributed by atoms with Gasteiger partial charge in [-0.2, -0.15) is 0 Å². The molecule has 10 nitrogen and oxygen atoms in total. The summed E-state index contributed by atoms with van der Waals surface area (Å²) in [5, 5.41) is 38.7. The van der Waals surface area contributed by atoms with E-state index < -0.39 is 94.5 Å². The van der Waals surface area contributed by atoms with Gasteiger partial charge in [0.2, 0.25) is 0 Å². The van der Waals surface area contributed by atoms with E-state index in [2.05, 4.69) is 0 Å². The average molecular weight is 424 g/mol. The molecule has 0 amide bonds. The van der Waals surface area contributed by atoms with Gasteiger partial charge in [0.25, 0.3) is 0 Å². The van der Waals surface area contributed by atoms with Crippen LogP contribution in [0, 0.1) is 5.41 Å². The minimum absolute atomic E-state index is 0.482. The highest BCUT2D eigenvalue weighted by Gasteiger charge is 2.36. The number of carbonyl (C=O) groups excluding carboxylic acids is 5. The molecular weight excluding hydrogens is 400 g/mol. The Balaban J connectivity index is 3.87. The largest absolute Gasteiger partial charge is 0.506 e. The van der Waals surface area contributed by atoms with Gasteiger partial charge in [-0.3, -0.25) is 19.2 Å². The molecule has 164 valence electrons. The second-order valence-electron chi connectivity index (χ2n) is 7.00. The first-order chi connectivity index (χ1) is 13.9. The summed E-state index contributed by atoms with van der Waals surface area (Å²) in [5.74, 6) is -5.61. The highest BCUT2D eigenvalue weighted by Crippen LogP contribution is 2.36. The third-order valence-corrected chi connectivity index (χ3v) is 4.60. The molecule has 10 heteroatoms. The Morgan fingerprint density at radius 3 is 1.33 bits per heavy atom. The molecule has 0 bridgehead atoms. The van der Waals surface area contributed by atoms with Crippen molar-refractivity contribution in [2.75, 3.05) is 26.4 Å². The van der Waals surface area contributed by atoms with Crippen molar-refractivity contribution in [3.8, 4) is 5.75 Å². The number of aliphatic hydroxyl groups is 3. The number of Topliss-reactive ketones (excluding diaryl/α,β-unsaturated/α-hetero) is 4. The van der Waals surface area contributed by atoms with Crippen LogP contribution in [0.2, 0.25) is 0 Å². The lowest BCUT2D eigenvalue weighted by atomic mass is 9.84. The van der Waals surface area contributed by atoms with E-state index in [0.717, 1.165) is 27.7 Å². The molecule has 1 rings (SSSR count). The third-order valence-electron chi connectivity index (χ3n) is 4.60. The molecule has 4 N–H and O–H groups in total. The number of hydrogen-bond donors (Lipinski definition) is 4. The Labute approximate surface area is 172 Å². The van der Waals surface area contributed by atoms with Crippen LogP contribution in [0.1, 0.15) is 79.5 Å². The molecule has 0 spiro atoms. The van der Waals surface area contributed by atoms with Gasteiger partial charge in [-0.1, -0.05) is 0 Å². The maximum absolute atomic E-state index is 12.7. The molecule has 0 atom stereocenters. The fourth-order valence-electron chi connectivity index (χ4n) is 2.91. The molecule has 1 aromatic carbocycles. The Kier molecular flexibility index (Phi) is 8.11. The molecule has 0 unspecified atom stereocenters. The van der Waals surface area contributed by atoms with E-state index in [0.29, 0.717) is 0 Å². The maximum atomic E-state index is 12.7. The summed E-state index contributed by atoms with van der Waals surface area (Å²) < 4.78 is 4.97. The first-order valence-corrected chi connectivity index (χ1v) is 8.85. The van der Waals surface area contributed by atoms with E-state index in [1.165, 1.54) is 0 Å². The van der Waals surface area contributed by atoms with Crippen molar-refractivity contribution < 1.29 is 49.1 Å². The molecule has 0 aromatic heterocycles. The number of carbonyl (C=O) groups is 5. The van der Waals surface area contributed by atoms with Crippen molar-refractivity contribution in [3.63, 3.8) is 0 Å². The molecule has 0 saturated heterocycles. The summed E-state index contributed by atoms with van der Waals surface area (Å²) in [6.07, 6.45) is 0. The van der Waals surface area contributed by atoms with Crippen LogP contribution in [0.4, 0.5) is 0 Å². The van der Waals surface area contributed by atoms with E-state index in [9.17, 15) is 44.4 Å². The third kappa shape index (κ3) is 4.61. The zero-order chi connectivity index (χ0) is 23.4. The van der Waals surface area contributed by atoms with E-state index in [4.69, 9.17) is 4.74 Å². The minimum Gasteiger partial charge on any atom is -0.506 e. The van der Waals surface area contributed by atoms with E-state index in [1.807, 2.05) is 0 Å². The van der Waals surface area contributed by atoms with Crippen LogP contribution < -0.4 is 0 Å². The summed E-state index contributed by atoms with van der Waals surface area (Å²) in [7, 11) is 0. The van der Waals surface area contributed by atoms with Gasteiger partial charge in [0, 0.05) is 16.7 Å². The highest BCUT2D eigenvalue weighted by atomic mass is 16.5. The standard InChI is InChI=1S/C20H24O10/c1-9(24)13-14(10(2)25)16(12(4)27)18(28)17(15(13)11(3)26)19(29)30-8-20(5-21,6-22)7-23/h21-23,28H,5-8H2,1-4H3. The lowest BCUT2D eigenvalue weighted by Crippen LogP contribution is -2.39. The second kappa shape index (κ2) is 9.70. The van der Waals surface area contributed by atoms with Gasteiger partial charge in [0.1, 0.15) is 17.9 Å². The van der Waals surface area contributed by atoms with Crippen molar-refractivity contribution in [2.45, 2.75) is 27.7 Å². The van der Waals surface area contributed by atoms with Gasteiger partial charge in [-0.15, -0.1) is 0 Å². The number of ether oxygens (including phenoxy) is 1. The van der Waals surface area contributed by atoms with E-state index >= 15 is 0 Å². The quantitative estimate of drug-likeness (QED) is 0.302. The Bertz CT molecular complexity index is 901. The molecule has 0 radical (unpaired) electrons. The van der Waals surface area contributed by atoms with Crippen molar-refractivity contribution in [2.24, 2.45) is 5.41 Å². The van der Waals surface area contributed by atoms with Gasteiger partial charge in [0.15, 0.2) is 23.1 Å². The highest BCUT2D eigenvalue weighted by molar-refractivity contribution is 6.23. The summed E-state index contributed by atoms with van der Waals surface area (Å²) >= 11 is 0. The summed E-state index contributed by atoms with van der Waals surface area (Å²) in [6, 6.07) is 0. The smallest absolute Gasteiger partial charge is 0.342 e. The average Bonchev–Trinajstić information content (AvgIpc) is 2.67. The van der Waals surface area contributed by atoms with Crippen LogP contribution in [0.5, 0.6) is 5.75 Å². The molecule has 0 aliphatic heterocycles. The number of phenols is 1. The monoisotopic (exact) mass is 424 g/mol.